The molecule has 0 spiro atoms. The highest BCUT2D eigenvalue weighted by molar-refractivity contribution is 4.64. The van der Waals surface area contributed by atoms with Crippen LogP contribution < -0.4 is 16.0 Å². The average Bonchev–Trinajstić information content (AvgIpc) is 3.04. The van der Waals surface area contributed by atoms with Gasteiger partial charge in [-0.05, 0) is 34.2 Å². The quantitative estimate of drug-likeness (QED) is 0.0417. The van der Waals surface area contributed by atoms with Gasteiger partial charge in [0, 0.05) is 53.6 Å². The molecule has 19 nitrogen and oxygen atoms in total. The summed E-state index contributed by atoms with van der Waals surface area (Å²) in [6, 6.07) is 0. The lowest BCUT2D eigenvalue weighted by atomic mass is 10.2. The van der Waals surface area contributed by atoms with Crippen molar-refractivity contribution >= 4 is 0 Å². The van der Waals surface area contributed by atoms with Gasteiger partial charge < -0.3 is 96.5 Å². The molecule has 4 unspecified atom stereocenters. The summed E-state index contributed by atoms with van der Waals surface area (Å²) in [5.41, 5.74) is 0. The Balaban J connectivity index is -0.0000000653. The number of aliphatic hydroxyl groups is 13. The fourth-order valence-electron chi connectivity index (χ4n) is 1.81. The third-order valence-electron chi connectivity index (χ3n) is 3.65. The minimum atomic E-state index is -0.750. The Morgan fingerprint density at radius 2 is 0.891 bits per heavy atom. The van der Waals surface area contributed by atoms with Crippen LogP contribution in [0.5, 0.6) is 0 Å². The van der Waals surface area contributed by atoms with Crippen molar-refractivity contribution in [2.24, 2.45) is 0 Å². The second-order valence-electron chi connectivity index (χ2n) is 7.80. The summed E-state index contributed by atoms with van der Waals surface area (Å²) in [6.07, 6.45) is -1.93. The maximum Gasteiger partial charge on any atom is 0.143 e. The van der Waals surface area contributed by atoms with Crippen molar-refractivity contribution < 1.29 is 80.6 Å². The maximum absolute atomic E-state index is 9.14. The molecule has 0 heterocycles. The van der Waals surface area contributed by atoms with Crippen LogP contribution in [0.25, 0.3) is 0 Å². The van der Waals surface area contributed by atoms with E-state index in [1.165, 1.54) is 6.92 Å². The Hall–Kier alpha value is -0.760. The van der Waals surface area contributed by atoms with Gasteiger partial charge in [-0.3, -0.25) is 0 Å². The van der Waals surface area contributed by atoms with Gasteiger partial charge in [-0.1, -0.05) is 6.92 Å². The summed E-state index contributed by atoms with van der Waals surface area (Å²) in [5.74, 6) is 0. The molecule has 0 amide bonds. The lowest BCUT2D eigenvalue weighted by Gasteiger charge is -2.13. The Bertz CT molecular complexity index is 391. The van der Waals surface area contributed by atoms with E-state index in [-0.39, 0.29) is 38.8 Å². The number of rotatable bonds is 20. The van der Waals surface area contributed by atoms with Crippen LogP contribution in [0.2, 0.25) is 0 Å². The average molecular weight is 696 g/mol. The van der Waals surface area contributed by atoms with Gasteiger partial charge in [0.15, 0.2) is 0 Å². The van der Waals surface area contributed by atoms with Crippen molar-refractivity contribution in [1.29, 1.82) is 0 Å². The van der Waals surface area contributed by atoms with Gasteiger partial charge in [0.05, 0.1) is 64.1 Å². The standard InChI is InChI=1S/C8H19NO4.C7H17NO2.C5H13NO.C3H8O3.2CH4O2.2CH4O/c1-7(11)8(12)6-9-2-4-13-5-3-10;1-3-10-5-4-8-6-7(2)9;1-3-6-4-5(2)7;4-1-2-6-3-5;2*2-1-3;2*1-2/h7-12H,2-6H2,1H3;7-9H,3-6H2,1-2H3;5-7H,3-4H2,1-2H3;4-5H,1-3H2;2*2-3H,1H2;2*2H,1H3. The SMILES string of the molecule is CC(O)C(O)CNCCOCCO.CCNCC(C)O.CCOCCNCC(C)O.CO.CO.OCCOCO.OCO.OCO. The molecule has 0 aliphatic rings. The minimum absolute atomic E-state index is 0.0241. The molecule has 292 valence electrons. The summed E-state index contributed by atoms with van der Waals surface area (Å²) in [4.78, 5) is 0. The van der Waals surface area contributed by atoms with E-state index in [0.717, 1.165) is 40.5 Å². The first-order valence-corrected chi connectivity index (χ1v) is 14.7. The zero-order chi connectivity index (χ0) is 37.9. The van der Waals surface area contributed by atoms with Crippen molar-refractivity contribution in [1.82, 2.24) is 16.0 Å². The molecule has 16 N–H and O–H groups in total. The second kappa shape index (κ2) is 74.9. The fraction of sp³-hybridized carbons (Fsp3) is 1.00. The monoisotopic (exact) mass is 695 g/mol. The lowest BCUT2D eigenvalue weighted by Crippen LogP contribution is -2.36. The topological polar surface area (TPSA) is 327 Å². The Morgan fingerprint density at radius 1 is 0.522 bits per heavy atom. The molecule has 0 saturated carbocycles. The predicted molar refractivity (Wildman–Crippen MR) is 175 cm³/mol. The number of ether oxygens (including phenoxy) is 3. The van der Waals surface area contributed by atoms with E-state index in [4.69, 9.17) is 75.9 Å². The number of hydrogen-bond donors (Lipinski definition) is 16. The Labute approximate surface area is 276 Å². The van der Waals surface area contributed by atoms with Crippen LogP contribution in [0.1, 0.15) is 34.6 Å². The smallest absolute Gasteiger partial charge is 0.143 e. The molecule has 0 bridgehead atoms. The van der Waals surface area contributed by atoms with Crippen molar-refractivity contribution in [2.45, 2.75) is 59.0 Å². The van der Waals surface area contributed by atoms with Crippen LogP contribution in [-0.4, -0.2) is 211 Å². The molecule has 0 aliphatic carbocycles. The van der Waals surface area contributed by atoms with Crippen molar-refractivity contribution in [2.75, 3.05) is 120 Å². The van der Waals surface area contributed by atoms with Crippen LogP contribution in [-0.2, 0) is 14.2 Å². The Kier molecular flexibility index (Phi) is 104. The first kappa shape index (κ1) is 63.8. The van der Waals surface area contributed by atoms with E-state index >= 15 is 0 Å². The highest BCUT2D eigenvalue weighted by Gasteiger charge is 2.08. The van der Waals surface area contributed by atoms with Crippen LogP contribution in [0, 0.1) is 0 Å². The largest absolute Gasteiger partial charge is 0.400 e. The highest BCUT2D eigenvalue weighted by atomic mass is 16.6. The van der Waals surface area contributed by atoms with Gasteiger partial charge in [-0.25, -0.2) is 0 Å². The zero-order valence-corrected chi connectivity index (χ0v) is 29.2. The molecule has 0 rings (SSSR count). The molecule has 0 saturated heterocycles. The van der Waals surface area contributed by atoms with E-state index in [1.54, 1.807) is 13.8 Å². The number of likely N-dealkylation sites (N-methyl/N-ethyl adjacent to an activating group) is 1. The van der Waals surface area contributed by atoms with Crippen molar-refractivity contribution in [3.05, 3.63) is 0 Å². The van der Waals surface area contributed by atoms with Crippen LogP contribution in [0.15, 0.2) is 0 Å². The summed E-state index contributed by atoms with van der Waals surface area (Å²) in [7, 11) is 2.00. The molecule has 4 atom stereocenters. The third kappa shape index (κ3) is 121. The third-order valence-corrected chi connectivity index (χ3v) is 3.65. The normalized spacial score (nSPS) is 11.7. The molecule has 0 aliphatic heterocycles. The number of nitrogens with one attached hydrogen (secondary N) is 3. The molecular weight excluding hydrogens is 622 g/mol. The number of aliphatic hydroxyl groups excluding tert-OH is 11. The molecule has 0 aromatic heterocycles. The minimum Gasteiger partial charge on any atom is -0.400 e. The van der Waals surface area contributed by atoms with E-state index in [9.17, 15) is 0 Å². The predicted octanol–water partition coefficient (Wildman–Crippen LogP) is -5.68. The summed E-state index contributed by atoms with van der Waals surface area (Å²) in [6.45, 7) is 13.8. The number of hydrogen-bond acceptors (Lipinski definition) is 19. The maximum atomic E-state index is 9.14. The summed E-state index contributed by atoms with van der Waals surface area (Å²) in [5, 5.41) is 111. The van der Waals surface area contributed by atoms with Gasteiger partial charge in [-0.15, -0.1) is 0 Å². The summed E-state index contributed by atoms with van der Waals surface area (Å²) < 4.78 is 14.3. The molecule has 0 aromatic rings. The fourth-order valence-corrected chi connectivity index (χ4v) is 1.81. The van der Waals surface area contributed by atoms with E-state index in [2.05, 4.69) is 20.7 Å². The van der Waals surface area contributed by atoms with Crippen LogP contribution in [0.4, 0.5) is 0 Å². The zero-order valence-electron chi connectivity index (χ0n) is 29.2. The summed E-state index contributed by atoms with van der Waals surface area (Å²) >= 11 is 0. The van der Waals surface area contributed by atoms with E-state index in [1.807, 2.05) is 13.8 Å². The van der Waals surface area contributed by atoms with Gasteiger partial charge in [0.25, 0.3) is 0 Å². The molecular formula is C27H73N3O16. The first-order chi connectivity index (χ1) is 22.0. The van der Waals surface area contributed by atoms with E-state index < -0.39 is 25.8 Å². The van der Waals surface area contributed by atoms with E-state index in [0.29, 0.717) is 39.4 Å². The molecule has 0 aromatic carbocycles. The van der Waals surface area contributed by atoms with Gasteiger partial charge in [0.2, 0.25) is 0 Å². The Morgan fingerprint density at radius 3 is 1.17 bits per heavy atom. The molecule has 46 heavy (non-hydrogen) atoms. The molecule has 19 heteroatoms. The van der Waals surface area contributed by atoms with Crippen LogP contribution in [0.3, 0.4) is 0 Å². The van der Waals surface area contributed by atoms with Gasteiger partial charge >= 0.3 is 0 Å². The lowest BCUT2D eigenvalue weighted by molar-refractivity contribution is -0.0157. The highest BCUT2D eigenvalue weighted by Crippen LogP contribution is 1.88. The molecule has 0 radical (unpaired) electrons. The van der Waals surface area contributed by atoms with Gasteiger partial charge in [0.1, 0.15) is 20.4 Å². The van der Waals surface area contributed by atoms with Crippen molar-refractivity contribution in [3.63, 3.8) is 0 Å². The first-order valence-electron chi connectivity index (χ1n) is 14.7. The molecule has 0 fully saturated rings. The van der Waals surface area contributed by atoms with Crippen LogP contribution >= 0.6 is 0 Å². The van der Waals surface area contributed by atoms with Crippen molar-refractivity contribution in [3.8, 4) is 0 Å². The second-order valence-corrected chi connectivity index (χ2v) is 7.80. The van der Waals surface area contributed by atoms with Gasteiger partial charge in [-0.2, -0.15) is 0 Å².